The van der Waals surface area contributed by atoms with Crippen LogP contribution >= 0.6 is 0 Å². The molecule has 4 rings (SSSR count). The summed E-state index contributed by atoms with van der Waals surface area (Å²) >= 11 is 0. The standard InChI is InChI=1S/C22H20F6N8O3/c1-12(33-16-9-32-34-19(38)18(16)22(26,27)28)11-39-15-4-14(7-29-8-15)36-3-2-35(10-17(36)37)20-30-5-13(6-31-20)21(23,24)25/h4-9,12H,2-3,10-11H2,1H3,(H2,33,34,38)/t12-/m0/s1. The highest BCUT2D eigenvalue weighted by atomic mass is 19.4. The van der Waals surface area contributed by atoms with Crippen molar-refractivity contribution >= 4 is 23.2 Å². The Bertz CT molecular complexity index is 1380. The first-order chi connectivity index (χ1) is 18.3. The number of amides is 1. The number of nitrogens with zero attached hydrogens (tertiary/aromatic N) is 6. The molecule has 1 amide bonds. The minimum Gasteiger partial charge on any atom is -0.490 e. The molecular formula is C22H20F6N8O3. The van der Waals surface area contributed by atoms with E-state index >= 15 is 0 Å². The number of anilines is 3. The molecule has 1 atom stereocenters. The highest BCUT2D eigenvalue weighted by Gasteiger charge is 2.37. The van der Waals surface area contributed by atoms with E-state index in [2.05, 4.69) is 25.4 Å². The third kappa shape index (κ3) is 6.53. The van der Waals surface area contributed by atoms with Crippen molar-refractivity contribution in [2.75, 3.05) is 41.4 Å². The molecule has 11 nitrogen and oxygen atoms in total. The van der Waals surface area contributed by atoms with Crippen LogP contribution in [-0.2, 0) is 17.1 Å². The number of halogens is 6. The SMILES string of the molecule is C[C@@H](COc1cncc(N2CCN(c3ncc(C(F)(F)F)cn3)CC2=O)c1)Nc1cn[nH]c(=O)c1C(F)(F)F. The first-order valence-corrected chi connectivity index (χ1v) is 11.3. The quantitative estimate of drug-likeness (QED) is 0.421. The molecular weight excluding hydrogens is 538 g/mol. The molecule has 0 aromatic carbocycles. The summed E-state index contributed by atoms with van der Waals surface area (Å²) in [7, 11) is 0. The maximum absolute atomic E-state index is 13.2. The lowest BCUT2D eigenvalue weighted by atomic mass is 10.2. The number of hydrogen-bond acceptors (Lipinski definition) is 9. The van der Waals surface area contributed by atoms with E-state index < -0.39 is 40.8 Å². The molecule has 208 valence electrons. The summed E-state index contributed by atoms with van der Waals surface area (Å²) in [6, 6.07) is 0.824. The summed E-state index contributed by atoms with van der Waals surface area (Å²) in [5, 5.41) is 7.70. The van der Waals surface area contributed by atoms with Gasteiger partial charge in [0.15, 0.2) is 0 Å². The molecule has 0 saturated carbocycles. The summed E-state index contributed by atoms with van der Waals surface area (Å²) in [5.41, 5.74) is -3.92. The van der Waals surface area contributed by atoms with Gasteiger partial charge in [-0.1, -0.05) is 0 Å². The Hall–Kier alpha value is -4.44. The number of carbonyl (C=O) groups is 1. The second kappa shape index (κ2) is 10.7. The van der Waals surface area contributed by atoms with Crippen molar-refractivity contribution in [1.29, 1.82) is 0 Å². The van der Waals surface area contributed by atoms with E-state index in [1.165, 1.54) is 35.2 Å². The normalized spacial score (nSPS) is 15.3. The van der Waals surface area contributed by atoms with Gasteiger partial charge >= 0.3 is 12.4 Å². The average molecular weight is 558 g/mol. The third-order valence-corrected chi connectivity index (χ3v) is 5.52. The maximum atomic E-state index is 13.2. The van der Waals surface area contributed by atoms with Crippen molar-refractivity contribution < 1.29 is 35.9 Å². The van der Waals surface area contributed by atoms with E-state index in [0.29, 0.717) is 18.1 Å². The number of carbonyl (C=O) groups excluding carboxylic acids is 1. The van der Waals surface area contributed by atoms with Crippen molar-refractivity contribution in [2.45, 2.75) is 25.3 Å². The lowest BCUT2D eigenvalue weighted by molar-refractivity contribution is -0.139. The Kier molecular flexibility index (Phi) is 7.60. The van der Waals surface area contributed by atoms with Gasteiger partial charge in [-0.15, -0.1) is 0 Å². The highest BCUT2D eigenvalue weighted by molar-refractivity contribution is 5.97. The number of aromatic amines is 1. The van der Waals surface area contributed by atoms with E-state index in [4.69, 9.17) is 4.74 Å². The summed E-state index contributed by atoms with van der Waals surface area (Å²) < 4.78 is 83.5. The number of alkyl halides is 6. The molecule has 2 N–H and O–H groups in total. The summed E-state index contributed by atoms with van der Waals surface area (Å²) in [6.07, 6.45) is -4.56. The van der Waals surface area contributed by atoms with Gasteiger partial charge < -0.3 is 19.9 Å². The van der Waals surface area contributed by atoms with Gasteiger partial charge in [-0.2, -0.15) is 31.4 Å². The second-order valence-corrected chi connectivity index (χ2v) is 8.46. The van der Waals surface area contributed by atoms with Crippen LogP contribution < -0.4 is 25.4 Å². The molecule has 1 aliphatic heterocycles. The molecule has 3 aromatic rings. The minimum atomic E-state index is -4.90. The van der Waals surface area contributed by atoms with E-state index in [1.807, 2.05) is 0 Å². The van der Waals surface area contributed by atoms with Crippen LogP contribution in [0.4, 0.5) is 43.7 Å². The molecule has 3 aromatic heterocycles. The van der Waals surface area contributed by atoms with Crippen LogP contribution in [-0.4, -0.2) is 63.3 Å². The van der Waals surface area contributed by atoms with Crippen molar-refractivity contribution in [1.82, 2.24) is 25.1 Å². The number of ether oxygens (including phenoxy) is 1. The second-order valence-electron chi connectivity index (χ2n) is 8.46. The first kappa shape index (κ1) is 27.6. The predicted molar refractivity (Wildman–Crippen MR) is 124 cm³/mol. The number of nitrogens with one attached hydrogen (secondary N) is 2. The lowest BCUT2D eigenvalue weighted by Gasteiger charge is -2.34. The number of H-pyrrole nitrogens is 1. The molecule has 1 fully saturated rings. The number of rotatable bonds is 7. The Labute approximate surface area is 215 Å². The van der Waals surface area contributed by atoms with Gasteiger partial charge in [-0.05, 0) is 6.92 Å². The van der Waals surface area contributed by atoms with Crippen LogP contribution in [0, 0.1) is 0 Å². The monoisotopic (exact) mass is 558 g/mol. The number of pyridine rings is 1. The van der Waals surface area contributed by atoms with Crippen LogP contribution in [0.2, 0.25) is 0 Å². The van der Waals surface area contributed by atoms with Crippen molar-refractivity contribution in [3.8, 4) is 5.75 Å². The lowest BCUT2D eigenvalue weighted by Crippen LogP contribution is -2.51. The van der Waals surface area contributed by atoms with Gasteiger partial charge in [-0.25, -0.2) is 15.1 Å². The fraction of sp³-hybridized carbons (Fsp3) is 0.364. The topological polar surface area (TPSA) is 129 Å². The Morgan fingerprint density at radius 3 is 2.38 bits per heavy atom. The van der Waals surface area contributed by atoms with Crippen LogP contribution in [0.25, 0.3) is 0 Å². The molecule has 4 heterocycles. The zero-order valence-corrected chi connectivity index (χ0v) is 20.0. The largest absolute Gasteiger partial charge is 0.490 e. The molecule has 1 aliphatic rings. The summed E-state index contributed by atoms with van der Waals surface area (Å²) in [6.45, 7) is 1.60. The zero-order chi connectivity index (χ0) is 28.4. The van der Waals surface area contributed by atoms with Crippen LogP contribution in [0.5, 0.6) is 5.75 Å². The van der Waals surface area contributed by atoms with E-state index in [1.54, 1.807) is 5.10 Å². The highest BCUT2D eigenvalue weighted by Crippen LogP contribution is 2.32. The molecule has 39 heavy (non-hydrogen) atoms. The maximum Gasteiger partial charge on any atom is 0.423 e. The van der Waals surface area contributed by atoms with Gasteiger partial charge in [-0.3, -0.25) is 14.6 Å². The third-order valence-electron chi connectivity index (χ3n) is 5.52. The van der Waals surface area contributed by atoms with Crippen LogP contribution in [0.1, 0.15) is 18.1 Å². The Morgan fingerprint density at radius 2 is 1.74 bits per heavy atom. The Balaban J connectivity index is 1.37. The number of hydrogen-bond donors (Lipinski definition) is 2. The first-order valence-electron chi connectivity index (χ1n) is 11.3. The minimum absolute atomic E-state index is 0.0167. The summed E-state index contributed by atoms with van der Waals surface area (Å²) in [5.74, 6) is -0.181. The van der Waals surface area contributed by atoms with Crippen LogP contribution in [0.3, 0.4) is 0 Å². The number of piperazine rings is 1. The van der Waals surface area contributed by atoms with Crippen LogP contribution in [0.15, 0.2) is 41.8 Å². The van der Waals surface area contributed by atoms with Gasteiger partial charge in [0.1, 0.15) is 24.5 Å². The summed E-state index contributed by atoms with van der Waals surface area (Å²) in [4.78, 5) is 38.7. The molecule has 0 spiro atoms. The van der Waals surface area contributed by atoms with Crippen molar-refractivity contribution in [3.05, 3.63) is 58.5 Å². The molecule has 0 unspecified atom stereocenters. The molecule has 17 heteroatoms. The zero-order valence-electron chi connectivity index (χ0n) is 20.0. The molecule has 0 radical (unpaired) electrons. The van der Waals surface area contributed by atoms with Gasteiger partial charge in [0, 0.05) is 31.5 Å². The van der Waals surface area contributed by atoms with E-state index in [9.17, 15) is 35.9 Å². The molecule has 0 aliphatic carbocycles. The predicted octanol–water partition coefficient (Wildman–Crippen LogP) is 2.73. The van der Waals surface area contributed by atoms with Crippen molar-refractivity contribution in [3.63, 3.8) is 0 Å². The number of aromatic nitrogens is 5. The van der Waals surface area contributed by atoms with Gasteiger partial charge in [0.05, 0.1) is 41.6 Å². The van der Waals surface area contributed by atoms with E-state index in [-0.39, 0.29) is 43.8 Å². The van der Waals surface area contributed by atoms with Crippen molar-refractivity contribution in [2.24, 2.45) is 0 Å². The fourth-order valence-electron chi connectivity index (χ4n) is 3.70. The average Bonchev–Trinajstić information content (AvgIpc) is 2.86. The smallest absolute Gasteiger partial charge is 0.423 e. The van der Waals surface area contributed by atoms with E-state index in [0.717, 1.165) is 6.20 Å². The Morgan fingerprint density at radius 1 is 1.03 bits per heavy atom. The fourth-order valence-corrected chi connectivity index (χ4v) is 3.70. The van der Waals surface area contributed by atoms with Gasteiger partial charge in [0.2, 0.25) is 11.9 Å². The van der Waals surface area contributed by atoms with Gasteiger partial charge in [0.25, 0.3) is 5.56 Å². The molecule has 1 saturated heterocycles. The molecule has 0 bridgehead atoms.